The van der Waals surface area contributed by atoms with Gasteiger partial charge in [0.1, 0.15) is 12.2 Å². The van der Waals surface area contributed by atoms with Crippen molar-refractivity contribution in [3.05, 3.63) is 100 Å². The number of nitrogens with zero attached hydrogens (tertiary/aromatic N) is 1. The van der Waals surface area contributed by atoms with E-state index in [-0.39, 0.29) is 18.8 Å². The molecule has 0 saturated carbocycles. The molecule has 0 aliphatic carbocycles. The number of hydrogen-bond acceptors (Lipinski definition) is 4. The minimum absolute atomic E-state index is 0.0853. The van der Waals surface area contributed by atoms with Gasteiger partial charge in [-0.2, -0.15) is 0 Å². The predicted octanol–water partition coefficient (Wildman–Crippen LogP) is 1.82. The maximum absolute atomic E-state index is 12.6. The summed E-state index contributed by atoms with van der Waals surface area (Å²) in [5, 5.41) is 14.9. The van der Waals surface area contributed by atoms with Crippen LogP contribution in [0.15, 0.2) is 83.8 Å². The molecular formula is C23H23N3O4. The highest BCUT2D eigenvalue weighted by atomic mass is 16.3. The number of anilines is 1. The molecule has 0 aliphatic heterocycles. The van der Waals surface area contributed by atoms with Gasteiger partial charge in [0.15, 0.2) is 0 Å². The lowest BCUT2D eigenvalue weighted by molar-refractivity contribution is -0.122. The number of rotatable bonds is 8. The summed E-state index contributed by atoms with van der Waals surface area (Å²) >= 11 is 0. The number of nitrogens with one attached hydrogen (secondary N) is 2. The lowest BCUT2D eigenvalue weighted by atomic mass is 10.1. The number of amides is 2. The second kappa shape index (κ2) is 10.2. The molecule has 7 heteroatoms. The Morgan fingerprint density at radius 2 is 1.60 bits per heavy atom. The van der Waals surface area contributed by atoms with Gasteiger partial charge in [0.25, 0.3) is 11.5 Å². The zero-order chi connectivity index (χ0) is 21.3. The van der Waals surface area contributed by atoms with Crippen molar-refractivity contribution in [3.63, 3.8) is 0 Å². The van der Waals surface area contributed by atoms with E-state index in [2.05, 4.69) is 10.6 Å². The standard InChI is InChI=1S/C23H23N3O4/c27-16-19(14-17-8-3-1-4-9-17)24-21(28)15-26-13-7-12-20(23(26)30)25-22(29)18-10-5-2-6-11-18/h1-13,19,27H,14-16H2,(H,24,28)(H,25,29)/t19-/m0/s1. The van der Waals surface area contributed by atoms with Crippen LogP contribution in [0, 0.1) is 0 Å². The fraction of sp³-hybridized carbons (Fsp3) is 0.174. The molecule has 0 spiro atoms. The third kappa shape index (κ3) is 5.65. The summed E-state index contributed by atoms with van der Waals surface area (Å²) in [4.78, 5) is 37.3. The van der Waals surface area contributed by atoms with Gasteiger partial charge in [-0.1, -0.05) is 48.5 Å². The van der Waals surface area contributed by atoms with Crippen molar-refractivity contribution in [2.75, 3.05) is 11.9 Å². The maximum atomic E-state index is 12.6. The van der Waals surface area contributed by atoms with Crippen molar-refractivity contribution in [3.8, 4) is 0 Å². The molecule has 1 atom stereocenters. The summed E-state index contributed by atoms with van der Waals surface area (Å²) in [6, 6.07) is 20.7. The van der Waals surface area contributed by atoms with Crippen LogP contribution in [0.5, 0.6) is 0 Å². The van der Waals surface area contributed by atoms with Crippen LogP contribution in [0.2, 0.25) is 0 Å². The normalized spacial score (nSPS) is 11.5. The summed E-state index contributed by atoms with van der Waals surface area (Å²) in [6.45, 7) is -0.443. The molecule has 154 valence electrons. The molecule has 2 amide bonds. The Kier molecular flexibility index (Phi) is 7.13. The monoisotopic (exact) mass is 405 g/mol. The van der Waals surface area contributed by atoms with E-state index in [4.69, 9.17) is 0 Å². The average molecular weight is 405 g/mol. The SMILES string of the molecule is O=C(Cn1cccc(NC(=O)c2ccccc2)c1=O)N[C@H](CO)Cc1ccccc1. The second-order valence-corrected chi connectivity index (χ2v) is 6.81. The maximum Gasteiger partial charge on any atom is 0.274 e. The Labute approximate surface area is 174 Å². The van der Waals surface area contributed by atoms with Gasteiger partial charge < -0.3 is 20.3 Å². The molecule has 30 heavy (non-hydrogen) atoms. The van der Waals surface area contributed by atoms with Crippen molar-refractivity contribution in [2.24, 2.45) is 0 Å². The highest BCUT2D eigenvalue weighted by Gasteiger charge is 2.15. The smallest absolute Gasteiger partial charge is 0.274 e. The quantitative estimate of drug-likeness (QED) is 0.532. The number of pyridine rings is 1. The van der Waals surface area contributed by atoms with E-state index in [0.717, 1.165) is 5.56 Å². The first-order valence-electron chi connectivity index (χ1n) is 9.57. The van der Waals surface area contributed by atoms with E-state index in [0.29, 0.717) is 12.0 Å². The number of aliphatic hydroxyl groups excluding tert-OH is 1. The Hall–Kier alpha value is -3.71. The van der Waals surface area contributed by atoms with Gasteiger partial charge in [-0.05, 0) is 36.2 Å². The third-order valence-electron chi connectivity index (χ3n) is 4.53. The summed E-state index contributed by atoms with van der Waals surface area (Å²) in [5.74, 6) is -0.809. The summed E-state index contributed by atoms with van der Waals surface area (Å²) < 4.78 is 1.22. The fourth-order valence-corrected chi connectivity index (χ4v) is 3.03. The van der Waals surface area contributed by atoms with E-state index >= 15 is 0 Å². The fourth-order valence-electron chi connectivity index (χ4n) is 3.03. The zero-order valence-corrected chi connectivity index (χ0v) is 16.3. The highest BCUT2D eigenvalue weighted by molar-refractivity contribution is 6.04. The molecule has 3 aromatic rings. The van der Waals surface area contributed by atoms with Gasteiger partial charge in [0.2, 0.25) is 5.91 Å². The van der Waals surface area contributed by atoms with Gasteiger partial charge >= 0.3 is 0 Å². The van der Waals surface area contributed by atoms with Gasteiger partial charge in [-0.25, -0.2) is 0 Å². The number of aromatic nitrogens is 1. The lowest BCUT2D eigenvalue weighted by Gasteiger charge is -2.17. The summed E-state index contributed by atoms with van der Waals surface area (Å²) in [6.07, 6.45) is 1.95. The summed E-state index contributed by atoms with van der Waals surface area (Å²) in [5.41, 5.74) is 1.01. The third-order valence-corrected chi connectivity index (χ3v) is 4.53. The Morgan fingerprint density at radius 1 is 0.933 bits per heavy atom. The summed E-state index contributed by atoms with van der Waals surface area (Å²) in [7, 11) is 0. The second-order valence-electron chi connectivity index (χ2n) is 6.81. The molecule has 0 unspecified atom stereocenters. The molecule has 3 N–H and O–H groups in total. The molecule has 0 aliphatic rings. The molecule has 0 bridgehead atoms. The highest BCUT2D eigenvalue weighted by Crippen LogP contribution is 2.05. The number of aliphatic hydroxyl groups is 1. The first-order valence-corrected chi connectivity index (χ1v) is 9.57. The Bertz CT molecular complexity index is 1050. The zero-order valence-electron chi connectivity index (χ0n) is 16.3. The van der Waals surface area contributed by atoms with E-state index in [1.165, 1.54) is 16.8 Å². The lowest BCUT2D eigenvalue weighted by Crippen LogP contribution is -2.42. The molecular weight excluding hydrogens is 382 g/mol. The van der Waals surface area contributed by atoms with Crippen molar-refractivity contribution in [1.29, 1.82) is 0 Å². The number of benzene rings is 2. The molecule has 0 saturated heterocycles. The van der Waals surface area contributed by atoms with Gasteiger partial charge in [0, 0.05) is 11.8 Å². The van der Waals surface area contributed by atoms with Crippen molar-refractivity contribution in [1.82, 2.24) is 9.88 Å². The van der Waals surface area contributed by atoms with Crippen LogP contribution in [0.4, 0.5) is 5.69 Å². The largest absolute Gasteiger partial charge is 0.394 e. The van der Waals surface area contributed by atoms with Crippen molar-refractivity contribution >= 4 is 17.5 Å². The van der Waals surface area contributed by atoms with E-state index < -0.39 is 23.4 Å². The van der Waals surface area contributed by atoms with Crippen LogP contribution in [-0.4, -0.2) is 34.1 Å². The van der Waals surface area contributed by atoms with E-state index in [1.807, 2.05) is 30.3 Å². The average Bonchev–Trinajstić information content (AvgIpc) is 2.77. The van der Waals surface area contributed by atoms with Crippen molar-refractivity contribution < 1.29 is 14.7 Å². The van der Waals surface area contributed by atoms with Crippen LogP contribution in [0.1, 0.15) is 15.9 Å². The van der Waals surface area contributed by atoms with Crippen LogP contribution >= 0.6 is 0 Å². The molecule has 3 rings (SSSR count). The molecule has 0 fully saturated rings. The number of carbonyl (C=O) groups is 2. The number of carbonyl (C=O) groups excluding carboxylic acids is 2. The predicted molar refractivity (Wildman–Crippen MR) is 114 cm³/mol. The van der Waals surface area contributed by atoms with E-state index in [1.54, 1.807) is 36.4 Å². The van der Waals surface area contributed by atoms with Crippen molar-refractivity contribution in [2.45, 2.75) is 19.0 Å². The van der Waals surface area contributed by atoms with E-state index in [9.17, 15) is 19.5 Å². The topological polar surface area (TPSA) is 100 Å². The minimum Gasteiger partial charge on any atom is -0.394 e. The van der Waals surface area contributed by atoms with Gasteiger partial charge in [-0.3, -0.25) is 14.4 Å². The van der Waals surface area contributed by atoms with Gasteiger partial charge in [0.05, 0.1) is 12.6 Å². The van der Waals surface area contributed by atoms with Crippen LogP contribution in [-0.2, 0) is 17.8 Å². The molecule has 1 aromatic heterocycles. The molecule has 1 heterocycles. The van der Waals surface area contributed by atoms with Crippen LogP contribution < -0.4 is 16.2 Å². The molecule has 0 radical (unpaired) electrons. The minimum atomic E-state index is -0.486. The van der Waals surface area contributed by atoms with Crippen LogP contribution in [0.25, 0.3) is 0 Å². The Balaban J connectivity index is 1.64. The number of hydrogen-bond donors (Lipinski definition) is 3. The molecule has 7 nitrogen and oxygen atoms in total. The van der Waals surface area contributed by atoms with Gasteiger partial charge in [-0.15, -0.1) is 0 Å². The molecule has 2 aromatic carbocycles. The first-order chi connectivity index (χ1) is 14.6. The van der Waals surface area contributed by atoms with Crippen LogP contribution in [0.3, 0.4) is 0 Å². The first kappa shape index (κ1) is 21.0. The Morgan fingerprint density at radius 3 is 2.27 bits per heavy atom.